The summed E-state index contributed by atoms with van der Waals surface area (Å²) in [6.07, 6.45) is 0. The van der Waals surface area contributed by atoms with Crippen LogP contribution >= 0.6 is 8.25 Å². The molecule has 0 aliphatic carbocycles. The summed E-state index contributed by atoms with van der Waals surface area (Å²) in [5.41, 5.74) is 0. The molecule has 0 aliphatic rings. The minimum atomic E-state index is -2.14. The minimum Gasteiger partial charge on any atom is -0.311 e. The van der Waals surface area contributed by atoms with Crippen molar-refractivity contribution in [3.63, 3.8) is 0 Å². The Bertz CT molecular complexity index is 144. The molecule has 0 heterocycles. The summed E-state index contributed by atoms with van der Waals surface area (Å²) >= 11 is 0.194. The molecule has 0 aliphatic heterocycles. The average Bonchev–Trinajstić information content (AvgIpc) is 2.06. The Morgan fingerprint density at radius 2 is 1.62 bits per heavy atom. The van der Waals surface area contributed by atoms with Crippen LogP contribution < -0.4 is 0 Å². The summed E-state index contributed by atoms with van der Waals surface area (Å²) in [6.45, 7) is 5.88. The molecule has 0 aromatic rings. The van der Waals surface area contributed by atoms with Crippen molar-refractivity contribution in [1.82, 2.24) is 0 Å². The molecule has 0 aromatic heterocycles. The summed E-state index contributed by atoms with van der Waals surface area (Å²) in [5.74, 6) is -0.159. The number of carbonyl (C=O) groups is 1. The van der Waals surface area contributed by atoms with Gasteiger partial charge in [-0.25, -0.2) is 0 Å². The summed E-state index contributed by atoms with van der Waals surface area (Å²) in [4.78, 5) is 9.64. The third-order valence-corrected chi connectivity index (χ3v) is 3.36. The maximum atomic E-state index is 10.4. The van der Waals surface area contributed by atoms with Crippen molar-refractivity contribution in [1.29, 1.82) is 0 Å². The average molecular weight is 398 g/mol. The first kappa shape index (κ1) is 16.0. The van der Waals surface area contributed by atoms with Gasteiger partial charge in [-0.2, -0.15) is 0 Å². The summed E-state index contributed by atoms with van der Waals surface area (Å²) in [5, 5.41) is 0. The van der Waals surface area contributed by atoms with E-state index in [1.54, 1.807) is 13.8 Å². The maximum absolute atomic E-state index is 10.4. The monoisotopic (exact) mass is 399 g/mol. The zero-order chi connectivity index (χ0) is 10.7. The fraction of sp³-hybridized carbons (Fsp3) is 0.833. The van der Waals surface area contributed by atoms with Crippen LogP contribution in [0.5, 0.6) is 0 Å². The van der Waals surface area contributed by atoms with Crippen molar-refractivity contribution in [2.45, 2.75) is 20.8 Å². The predicted molar refractivity (Wildman–Crippen MR) is 44.0 cm³/mol. The van der Waals surface area contributed by atoms with E-state index in [9.17, 15) is 9.36 Å². The van der Waals surface area contributed by atoms with Gasteiger partial charge in [-0.1, -0.05) is 0 Å². The van der Waals surface area contributed by atoms with Crippen molar-refractivity contribution >= 4 is 14.2 Å². The molecule has 0 rings (SSSR count). The van der Waals surface area contributed by atoms with Crippen molar-refractivity contribution < 1.29 is 47.6 Å². The first-order valence-electron chi connectivity index (χ1n) is 3.80. The fourth-order valence-corrected chi connectivity index (χ4v) is 0.832. The molecule has 0 saturated carbocycles. The van der Waals surface area contributed by atoms with Crippen molar-refractivity contribution in [3.8, 4) is 0 Å². The molecule has 0 saturated heterocycles. The van der Waals surface area contributed by atoms with Crippen molar-refractivity contribution in [3.05, 3.63) is 0 Å². The van der Waals surface area contributed by atoms with Crippen LogP contribution in [0, 0.1) is 0 Å². The van der Waals surface area contributed by atoms with Crippen LogP contribution in [0.3, 0.4) is 0 Å². The molecule has 0 bridgehead atoms. The van der Waals surface area contributed by atoms with Gasteiger partial charge in [-0.15, -0.1) is 0 Å². The van der Waals surface area contributed by atoms with Crippen LogP contribution in [0.2, 0.25) is 0 Å². The van der Waals surface area contributed by atoms with Gasteiger partial charge >= 0.3 is 55.2 Å². The van der Waals surface area contributed by atoms with E-state index in [0.717, 1.165) is 0 Å². The zero-order valence-electron chi connectivity index (χ0n) is 8.16. The van der Waals surface area contributed by atoms with Gasteiger partial charge in [0.15, 0.2) is 0 Å². The third-order valence-electron chi connectivity index (χ3n) is 0.728. The van der Waals surface area contributed by atoms with Gasteiger partial charge in [-0.3, -0.25) is 4.57 Å². The predicted octanol–water partition coefficient (Wildman–Crippen LogP) is 1.46. The number of rotatable bonds is 4. The Morgan fingerprint density at radius 1 is 1.31 bits per heavy atom. The van der Waals surface area contributed by atoms with E-state index in [0.29, 0.717) is 13.2 Å². The maximum Gasteiger partial charge on any atom is 0.319 e. The zero-order valence-corrected chi connectivity index (χ0v) is 14.7. The molecule has 0 spiro atoms. The molecule has 0 N–H and O–H groups in total. The van der Waals surface area contributed by atoms with E-state index in [4.69, 9.17) is 0 Å². The Balaban J connectivity index is 0. The molecule has 0 unspecified atom stereocenters. The number of hydrogen-bond donors (Lipinski definition) is 0. The van der Waals surface area contributed by atoms with Crippen LogP contribution in [0.4, 0.5) is 0 Å². The molecule has 0 amide bonds. The molecule has 13 heavy (non-hydrogen) atoms. The molecule has 75 valence electrons. The Kier molecular flexibility index (Phi) is 15.5. The molecule has 0 fully saturated rings. The summed E-state index contributed by atoms with van der Waals surface area (Å²) < 4.78 is 23.9. The van der Waals surface area contributed by atoms with E-state index >= 15 is 0 Å². The van der Waals surface area contributed by atoms with Gasteiger partial charge in [0.05, 0.1) is 13.2 Å². The molecule has 0 atom stereocenters. The standard InChI is InChI=1S/C4H11O3P.C2H4O2.Hg/c1-3-6-8(5)7-4-2;1-2(3)4;/h8H,3-4H2,1-2H3;1H3,(H,3,4);/q;;+1/p-1. The van der Waals surface area contributed by atoms with Crippen LogP contribution in [-0.2, 0) is 47.6 Å². The van der Waals surface area contributed by atoms with Crippen LogP contribution in [0.1, 0.15) is 20.8 Å². The largest absolute Gasteiger partial charge is 0.319 e. The molecular weight excluding hydrogens is 384 g/mol. The quantitative estimate of drug-likeness (QED) is 0.531. The molecule has 0 radical (unpaired) electrons. The third kappa shape index (κ3) is 19.1. The van der Waals surface area contributed by atoms with E-state index < -0.39 is 8.25 Å². The summed E-state index contributed by atoms with van der Waals surface area (Å²) in [6, 6.07) is 0. The van der Waals surface area contributed by atoms with Crippen molar-refractivity contribution in [2.24, 2.45) is 0 Å². The minimum absolute atomic E-state index is 0.159. The van der Waals surface area contributed by atoms with E-state index in [2.05, 4.69) is 11.7 Å². The molecule has 7 heteroatoms. The van der Waals surface area contributed by atoms with E-state index in [1.807, 2.05) is 0 Å². The van der Waals surface area contributed by atoms with Crippen LogP contribution in [0.25, 0.3) is 0 Å². The van der Waals surface area contributed by atoms with Crippen molar-refractivity contribution in [2.75, 3.05) is 13.2 Å². The van der Waals surface area contributed by atoms with Gasteiger partial charge in [0.25, 0.3) is 0 Å². The van der Waals surface area contributed by atoms with Gasteiger partial charge in [-0.05, 0) is 13.8 Å². The second kappa shape index (κ2) is 12.6. The van der Waals surface area contributed by atoms with Gasteiger partial charge in [0.2, 0.25) is 0 Å². The van der Waals surface area contributed by atoms with Crippen LogP contribution in [0.15, 0.2) is 0 Å². The molecular formula is C6H14HgO5P. The topological polar surface area (TPSA) is 61.8 Å². The smallest absolute Gasteiger partial charge is 0.311 e. The molecule has 5 nitrogen and oxygen atoms in total. The van der Waals surface area contributed by atoms with Crippen LogP contribution in [-0.4, -0.2) is 19.2 Å². The number of carbonyl (C=O) groups excluding carboxylic acids is 1. The summed E-state index contributed by atoms with van der Waals surface area (Å²) in [7, 11) is -2.14. The Labute approximate surface area is 95.7 Å². The number of hydrogen-bond acceptors (Lipinski definition) is 5. The second-order valence-electron chi connectivity index (χ2n) is 1.75. The normalized spacial score (nSPS) is 9.08. The van der Waals surface area contributed by atoms with E-state index in [-0.39, 0.29) is 32.5 Å². The van der Waals surface area contributed by atoms with Gasteiger partial charge < -0.3 is 9.05 Å². The fourth-order valence-electron chi connectivity index (χ4n) is 0.277. The van der Waals surface area contributed by atoms with Gasteiger partial charge in [0.1, 0.15) is 0 Å². The Hall–Kier alpha value is 0.555. The molecule has 0 aromatic carbocycles. The second-order valence-corrected chi connectivity index (χ2v) is 3.95. The first-order chi connectivity index (χ1) is 6.08. The SMILES string of the molecule is CC(=O)[O][Hg].CCO[PH](=O)OCC. The Morgan fingerprint density at radius 3 is 1.77 bits per heavy atom. The van der Waals surface area contributed by atoms with Gasteiger partial charge in [0, 0.05) is 0 Å². The first-order valence-corrected chi connectivity index (χ1v) is 7.27. The van der Waals surface area contributed by atoms with E-state index in [1.165, 1.54) is 6.92 Å².